The fraction of sp³-hybridized carbons (Fsp3) is 0.107. The molecule has 1 aromatic heterocycles. The van der Waals surface area contributed by atoms with Crippen molar-refractivity contribution in [3.8, 4) is 22.4 Å². The summed E-state index contributed by atoms with van der Waals surface area (Å²) in [7, 11) is 0. The van der Waals surface area contributed by atoms with Crippen LogP contribution >= 0.6 is 0 Å². The van der Waals surface area contributed by atoms with Gasteiger partial charge in [-0.1, -0.05) is 86.6 Å². The Labute approximate surface area is 171 Å². The Morgan fingerprint density at radius 3 is 1.69 bits per heavy atom. The van der Waals surface area contributed by atoms with Crippen molar-refractivity contribution < 1.29 is 0 Å². The van der Waals surface area contributed by atoms with Crippen molar-refractivity contribution in [2.24, 2.45) is 0 Å². The van der Waals surface area contributed by atoms with E-state index >= 15 is 0 Å². The maximum atomic E-state index is 5.00. The van der Waals surface area contributed by atoms with Gasteiger partial charge in [-0.15, -0.1) is 0 Å². The fourth-order valence-corrected chi connectivity index (χ4v) is 3.88. The zero-order valence-corrected chi connectivity index (χ0v) is 16.8. The largest absolute Gasteiger partial charge is 0.253 e. The summed E-state index contributed by atoms with van der Waals surface area (Å²) in [4.78, 5) is 5.00. The number of fused-ring (bicyclic) bond motifs is 2. The molecule has 0 atom stereocenters. The van der Waals surface area contributed by atoms with Crippen LogP contribution in [0.3, 0.4) is 0 Å². The Morgan fingerprint density at radius 2 is 1.07 bits per heavy atom. The van der Waals surface area contributed by atoms with Gasteiger partial charge in [-0.3, -0.25) is 4.98 Å². The summed E-state index contributed by atoms with van der Waals surface area (Å²) in [6, 6.07) is 34.8. The van der Waals surface area contributed by atoms with Gasteiger partial charge < -0.3 is 0 Å². The predicted molar refractivity (Wildman–Crippen MR) is 124 cm³/mol. The number of hydrogen-bond donors (Lipinski definition) is 0. The van der Waals surface area contributed by atoms with Crippen molar-refractivity contribution in [2.75, 3.05) is 0 Å². The smallest absolute Gasteiger partial charge is 0.0711 e. The van der Waals surface area contributed by atoms with Gasteiger partial charge in [0.05, 0.1) is 5.69 Å². The van der Waals surface area contributed by atoms with Crippen LogP contribution in [0, 0.1) is 0 Å². The molecule has 0 amide bonds. The lowest BCUT2D eigenvalue weighted by molar-refractivity contribution is 0.825. The number of aromatic nitrogens is 1. The van der Waals surface area contributed by atoms with E-state index in [4.69, 9.17) is 4.98 Å². The molecule has 5 rings (SSSR count). The molecule has 1 heteroatoms. The molecule has 5 aromatic rings. The second kappa shape index (κ2) is 7.18. The average molecular weight is 373 g/mol. The molecule has 0 aliphatic heterocycles. The molecule has 0 radical (unpaired) electrons. The lowest BCUT2D eigenvalue weighted by Crippen LogP contribution is -1.96. The van der Waals surface area contributed by atoms with Gasteiger partial charge >= 0.3 is 0 Å². The highest BCUT2D eigenvalue weighted by Gasteiger charge is 2.10. The minimum atomic E-state index is 0.370. The molecule has 0 spiro atoms. The fourth-order valence-electron chi connectivity index (χ4n) is 3.88. The van der Waals surface area contributed by atoms with Crippen molar-refractivity contribution in [3.63, 3.8) is 0 Å². The third kappa shape index (κ3) is 3.40. The monoisotopic (exact) mass is 373 g/mol. The third-order valence-corrected chi connectivity index (χ3v) is 5.56. The Morgan fingerprint density at radius 1 is 0.517 bits per heavy atom. The van der Waals surface area contributed by atoms with Crippen LogP contribution in [0.15, 0.2) is 97.1 Å². The van der Waals surface area contributed by atoms with E-state index < -0.39 is 0 Å². The van der Waals surface area contributed by atoms with Crippen molar-refractivity contribution >= 4 is 21.5 Å². The van der Waals surface area contributed by atoms with E-state index in [0.29, 0.717) is 5.92 Å². The van der Waals surface area contributed by atoms with E-state index in [1.165, 1.54) is 32.7 Å². The molecule has 0 aliphatic rings. The van der Waals surface area contributed by atoms with Crippen molar-refractivity contribution in [1.82, 2.24) is 4.98 Å². The molecule has 0 N–H and O–H groups in total. The van der Waals surface area contributed by atoms with Crippen LogP contribution in [0.5, 0.6) is 0 Å². The lowest BCUT2D eigenvalue weighted by Gasteiger charge is -2.13. The van der Waals surface area contributed by atoms with Crippen LogP contribution in [0.2, 0.25) is 0 Å². The molecular formula is C28H23N. The van der Waals surface area contributed by atoms with Crippen LogP contribution in [-0.4, -0.2) is 4.98 Å². The molecule has 0 saturated heterocycles. The van der Waals surface area contributed by atoms with E-state index in [1.54, 1.807) is 0 Å². The SMILES string of the molecule is CC(C)c1cc(-c2ccc3ccccc3c2)cc(-c2ccc3ccccc3c2)n1. The molecule has 0 unspecified atom stereocenters. The van der Waals surface area contributed by atoms with Gasteiger partial charge in [-0.05, 0) is 62.9 Å². The van der Waals surface area contributed by atoms with Crippen LogP contribution < -0.4 is 0 Å². The number of benzene rings is 4. The van der Waals surface area contributed by atoms with Crippen LogP contribution in [0.25, 0.3) is 43.9 Å². The van der Waals surface area contributed by atoms with Crippen molar-refractivity contribution in [3.05, 3.63) is 103 Å². The highest BCUT2D eigenvalue weighted by Crippen LogP contribution is 2.31. The second-order valence-corrected chi connectivity index (χ2v) is 7.94. The van der Waals surface area contributed by atoms with Gasteiger partial charge in [0.15, 0.2) is 0 Å². The highest BCUT2D eigenvalue weighted by molar-refractivity contribution is 5.89. The number of nitrogens with zero attached hydrogens (tertiary/aromatic N) is 1. The Kier molecular flexibility index (Phi) is 4.37. The minimum Gasteiger partial charge on any atom is -0.253 e. The summed E-state index contributed by atoms with van der Waals surface area (Å²) in [6.45, 7) is 4.41. The number of hydrogen-bond acceptors (Lipinski definition) is 1. The molecule has 0 saturated carbocycles. The van der Waals surface area contributed by atoms with Crippen LogP contribution in [-0.2, 0) is 0 Å². The maximum absolute atomic E-state index is 5.00. The highest BCUT2D eigenvalue weighted by atomic mass is 14.7. The molecule has 4 aromatic carbocycles. The molecular weight excluding hydrogens is 350 g/mol. The zero-order chi connectivity index (χ0) is 19.8. The molecule has 140 valence electrons. The third-order valence-electron chi connectivity index (χ3n) is 5.56. The maximum Gasteiger partial charge on any atom is 0.0711 e. The van der Waals surface area contributed by atoms with Gasteiger partial charge in [-0.25, -0.2) is 0 Å². The zero-order valence-electron chi connectivity index (χ0n) is 16.8. The summed E-state index contributed by atoms with van der Waals surface area (Å²) in [5, 5.41) is 5.03. The Balaban J connectivity index is 1.68. The van der Waals surface area contributed by atoms with E-state index in [2.05, 4.69) is 111 Å². The quantitative estimate of drug-likeness (QED) is 0.314. The summed E-state index contributed by atoms with van der Waals surface area (Å²) in [5.41, 5.74) is 5.77. The first-order chi connectivity index (χ1) is 14.2. The van der Waals surface area contributed by atoms with Gasteiger partial charge in [0.1, 0.15) is 0 Å². The molecule has 0 bridgehead atoms. The predicted octanol–water partition coefficient (Wildman–Crippen LogP) is 7.85. The first kappa shape index (κ1) is 17.6. The summed E-state index contributed by atoms with van der Waals surface area (Å²) in [5.74, 6) is 0.370. The molecule has 0 aliphatic carbocycles. The topological polar surface area (TPSA) is 12.9 Å². The molecule has 29 heavy (non-hydrogen) atoms. The summed E-state index contributed by atoms with van der Waals surface area (Å²) in [6.07, 6.45) is 0. The van der Waals surface area contributed by atoms with Crippen LogP contribution in [0.1, 0.15) is 25.5 Å². The van der Waals surface area contributed by atoms with E-state index in [0.717, 1.165) is 17.0 Å². The molecule has 1 heterocycles. The van der Waals surface area contributed by atoms with E-state index in [-0.39, 0.29) is 0 Å². The first-order valence-corrected chi connectivity index (χ1v) is 10.2. The molecule has 1 nitrogen and oxygen atoms in total. The van der Waals surface area contributed by atoms with Gasteiger partial charge in [-0.2, -0.15) is 0 Å². The number of pyridine rings is 1. The number of rotatable bonds is 3. The van der Waals surface area contributed by atoms with Gasteiger partial charge in [0.2, 0.25) is 0 Å². The van der Waals surface area contributed by atoms with Gasteiger partial charge in [0, 0.05) is 11.3 Å². The summed E-state index contributed by atoms with van der Waals surface area (Å²) < 4.78 is 0. The minimum absolute atomic E-state index is 0.370. The first-order valence-electron chi connectivity index (χ1n) is 10.2. The lowest BCUT2D eigenvalue weighted by atomic mass is 9.96. The molecule has 0 fully saturated rings. The Bertz CT molecular complexity index is 1230. The summed E-state index contributed by atoms with van der Waals surface area (Å²) >= 11 is 0. The average Bonchev–Trinajstić information content (AvgIpc) is 2.78. The second-order valence-electron chi connectivity index (χ2n) is 7.94. The van der Waals surface area contributed by atoms with Crippen molar-refractivity contribution in [1.29, 1.82) is 0 Å². The van der Waals surface area contributed by atoms with Crippen molar-refractivity contribution in [2.45, 2.75) is 19.8 Å². The standard InChI is InChI=1S/C28H23N/c1-19(2)27-17-26(24-13-11-20-7-3-5-9-22(20)15-24)18-28(29-27)25-14-12-21-8-4-6-10-23(21)16-25/h3-19H,1-2H3. The Hall–Kier alpha value is -3.45. The normalized spacial score (nSPS) is 11.4. The van der Waals surface area contributed by atoms with Gasteiger partial charge in [0.25, 0.3) is 0 Å². The van der Waals surface area contributed by atoms with E-state index in [9.17, 15) is 0 Å². The van der Waals surface area contributed by atoms with Crippen LogP contribution in [0.4, 0.5) is 0 Å². The van der Waals surface area contributed by atoms with E-state index in [1.807, 2.05) is 0 Å².